The number of ether oxygens (including phenoxy) is 1. The van der Waals surface area contributed by atoms with Crippen LogP contribution in [0.5, 0.6) is 0 Å². The fraction of sp³-hybridized carbons (Fsp3) is 0.227. The molecule has 0 bridgehead atoms. The number of carbonyl (C=O) groups excluding carboxylic acids is 2. The number of fused-ring (bicyclic) bond motifs is 1. The number of hydrogen-bond acceptors (Lipinski definition) is 4. The van der Waals surface area contributed by atoms with Crippen molar-refractivity contribution in [2.45, 2.75) is 31.9 Å². The molecular formula is C22H19BrN2O3. The molecule has 2 aromatic carbocycles. The summed E-state index contributed by atoms with van der Waals surface area (Å²) in [5, 5.41) is 3.55. The minimum Gasteiger partial charge on any atom is -0.449 e. The van der Waals surface area contributed by atoms with Crippen LogP contribution in [0.4, 0.5) is 0 Å². The number of carbonyl (C=O) groups is 2. The molecule has 0 spiro atoms. The summed E-state index contributed by atoms with van der Waals surface area (Å²) in [6, 6.07) is 17.1. The van der Waals surface area contributed by atoms with Crippen LogP contribution in [0.2, 0.25) is 0 Å². The first-order valence-corrected chi connectivity index (χ1v) is 9.97. The van der Waals surface area contributed by atoms with Gasteiger partial charge in [0.05, 0.1) is 16.8 Å². The fourth-order valence-electron chi connectivity index (χ4n) is 2.94. The summed E-state index contributed by atoms with van der Waals surface area (Å²) in [5.74, 6) is -0.794. The molecule has 6 heteroatoms. The molecule has 1 aliphatic rings. The molecule has 0 aliphatic heterocycles. The zero-order valence-corrected chi connectivity index (χ0v) is 16.9. The molecule has 28 heavy (non-hydrogen) atoms. The van der Waals surface area contributed by atoms with E-state index in [0.29, 0.717) is 22.2 Å². The van der Waals surface area contributed by atoms with Crippen molar-refractivity contribution in [1.29, 1.82) is 0 Å². The first-order chi connectivity index (χ1) is 13.5. The zero-order valence-electron chi connectivity index (χ0n) is 15.3. The lowest BCUT2D eigenvalue weighted by Crippen LogP contribution is -2.37. The largest absolute Gasteiger partial charge is 0.449 e. The van der Waals surface area contributed by atoms with E-state index < -0.39 is 12.1 Å². The van der Waals surface area contributed by atoms with Gasteiger partial charge in [0, 0.05) is 21.5 Å². The predicted octanol–water partition coefficient (Wildman–Crippen LogP) is 4.49. The van der Waals surface area contributed by atoms with E-state index in [9.17, 15) is 9.59 Å². The van der Waals surface area contributed by atoms with E-state index in [-0.39, 0.29) is 11.9 Å². The molecule has 1 atom stereocenters. The topological polar surface area (TPSA) is 68.3 Å². The Labute approximate surface area is 171 Å². The van der Waals surface area contributed by atoms with Crippen LogP contribution in [-0.2, 0) is 9.53 Å². The number of halogens is 1. The maximum Gasteiger partial charge on any atom is 0.339 e. The second-order valence-corrected chi connectivity index (χ2v) is 7.83. The summed E-state index contributed by atoms with van der Waals surface area (Å²) < 4.78 is 6.42. The van der Waals surface area contributed by atoms with E-state index in [1.165, 1.54) is 0 Å². The summed E-state index contributed by atoms with van der Waals surface area (Å²) >= 11 is 3.43. The molecule has 0 saturated heterocycles. The molecule has 3 aromatic rings. The van der Waals surface area contributed by atoms with Crippen molar-refractivity contribution in [3.8, 4) is 11.3 Å². The van der Waals surface area contributed by atoms with Gasteiger partial charge in [-0.3, -0.25) is 4.79 Å². The van der Waals surface area contributed by atoms with Crippen LogP contribution in [0.3, 0.4) is 0 Å². The Morgan fingerprint density at radius 3 is 2.57 bits per heavy atom. The summed E-state index contributed by atoms with van der Waals surface area (Å²) in [6.45, 7) is 1.59. The van der Waals surface area contributed by atoms with Crippen molar-refractivity contribution in [2.75, 3.05) is 0 Å². The smallest absolute Gasteiger partial charge is 0.339 e. The standard InChI is InChI=1S/C22H19BrN2O3/c1-13(21(26)24-16-10-11-16)28-22(27)18-12-20(14-6-8-15(23)9-7-14)25-19-5-3-2-4-17(18)19/h2-9,12-13,16H,10-11H2,1H3,(H,24,26). The molecule has 1 heterocycles. The van der Waals surface area contributed by atoms with Crippen molar-refractivity contribution < 1.29 is 14.3 Å². The molecular weight excluding hydrogens is 420 g/mol. The highest BCUT2D eigenvalue weighted by atomic mass is 79.9. The number of benzene rings is 2. The van der Waals surface area contributed by atoms with Crippen LogP contribution in [0.15, 0.2) is 59.1 Å². The third-order valence-corrected chi connectivity index (χ3v) is 5.18. The van der Waals surface area contributed by atoms with Crippen LogP contribution in [0, 0.1) is 0 Å². The number of nitrogens with one attached hydrogen (secondary N) is 1. The Morgan fingerprint density at radius 2 is 1.86 bits per heavy atom. The minimum atomic E-state index is -0.851. The first kappa shape index (κ1) is 18.6. The number of nitrogens with zero attached hydrogens (tertiary/aromatic N) is 1. The molecule has 1 aliphatic carbocycles. The Morgan fingerprint density at radius 1 is 1.14 bits per heavy atom. The highest BCUT2D eigenvalue weighted by Gasteiger charge is 2.28. The fourth-order valence-corrected chi connectivity index (χ4v) is 3.20. The summed E-state index contributed by atoms with van der Waals surface area (Å²) in [6.07, 6.45) is 1.12. The molecule has 1 fully saturated rings. The van der Waals surface area contributed by atoms with Crippen molar-refractivity contribution in [3.63, 3.8) is 0 Å². The van der Waals surface area contributed by atoms with Gasteiger partial charge in [-0.05, 0) is 44.0 Å². The molecule has 142 valence electrons. The van der Waals surface area contributed by atoms with Gasteiger partial charge in [-0.2, -0.15) is 0 Å². The Bertz CT molecular complexity index is 1050. The van der Waals surface area contributed by atoms with E-state index >= 15 is 0 Å². The van der Waals surface area contributed by atoms with Gasteiger partial charge >= 0.3 is 5.97 Å². The Hall–Kier alpha value is -2.73. The molecule has 1 unspecified atom stereocenters. The summed E-state index contributed by atoms with van der Waals surface area (Å²) in [5.41, 5.74) is 2.66. The van der Waals surface area contributed by atoms with Gasteiger partial charge in [-0.15, -0.1) is 0 Å². The van der Waals surface area contributed by atoms with Crippen molar-refractivity contribution >= 4 is 38.7 Å². The van der Waals surface area contributed by atoms with E-state index in [1.54, 1.807) is 13.0 Å². The molecule has 4 rings (SSSR count). The number of aromatic nitrogens is 1. The maximum atomic E-state index is 12.9. The third-order valence-electron chi connectivity index (χ3n) is 4.65. The van der Waals surface area contributed by atoms with E-state index in [1.807, 2.05) is 48.5 Å². The lowest BCUT2D eigenvalue weighted by atomic mass is 10.0. The minimum absolute atomic E-state index is 0.222. The number of esters is 1. The molecule has 0 radical (unpaired) electrons. The molecule has 1 saturated carbocycles. The van der Waals surface area contributed by atoms with Crippen LogP contribution >= 0.6 is 15.9 Å². The van der Waals surface area contributed by atoms with Gasteiger partial charge in [0.15, 0.2) is 6.10 Å². The van der Waals surface area contributed by atoms with Gasteiger partial charge in [-0.1, -0.05) is 46.3 Å². The van der Waals surface area contributed by atoms with Gasteiger partial charge in [0.25, 0.3) is 5.91 Å². The van der Waals surface area contributed by atoms with Crippen LogP contribution < -0.4 is 5.32 Å². The van der Waals surface area contributed by atoms with Crippen LogP contribution in [-0.4, -0.2) is 29.0 Å². The van der Waals surface area contributed by atoms with Gasteiger partial charge in [-0.25, -0.2) is 9.78 Å². The summed E-state index contributed by atoms with van der Waals surface area (Å²) in [4.78, 5) is 29.7. The monoisotopic (exact) mass is 438 g/mol. The number of hydrogen-bond donors (Lipinski definition) is 1. The number of rotatable bonds is 5. The highest BCUT2D eigenvalue weighted by Crippen LogP contribution is 2.27. The molecule has 1 N–H and O–H groups in total. The normalized spacial score (nSPS) is 14.5. The maximum absolute atomic E-state index is 12.9. The van der Waals surface area contributed by atoms with E-state index in [0.717, 1.165) is 22.9 Å². The lowest BCUT2D eigenvalue weighted by molar-refractivity contribution is -0.129. The van der Waals surface area contributed by atoms with Crippen molar-refractivity contribution in [3.05, 3.63) is 64.6 Å². The number of para-hydroxylation sites is 1. The average Bonchev–Trinajstić information content (AvgIpc) is 3.51. The highest BCUT2D eigenvalue weighted by molar-refractivity contribution is 9.10. The van der Waals surface area contributed by atoms with Gasteiger partial charge in [0.1, 0.15) is 0 Å². The quantitative estimate of drug-likeness (QED) is 0.595. The lowest BCUT2D eigenvalue weighted by Gasteiger charge is -2.15. The molecule has 1 amide bonds. The van der Waals surface area contributed by atoms with Gasteiger partial charge < -0.3 is 10.1 Å². The summed E-state index contributed by atoms with van der Waals surface area (Å²) in [7, 11) is 0. The van der Waals surface area contributed by atoms with E-state index in [2.05, 4.69) is 26.2 Å². The van der Waals surface area contributed by atoms with Crippen molar-refractivity contribution in [1.82, 2.24) is 10.3 Å². The van der Waals surface area contributed by atoms with Crippen LogP contribution in [0.25, 0.3) is 22.2 Å². The predicted molar refractivity (Wildman–Crippen MR) is 111 cm³/mol. The molecule has 5 nitrogen and oxygen atoms in total. The van der Waals surface area contributed by atoms with Gasteiger partial charge in [0.2, 0.25) is 0 Å². The Balaban J connectivity index is 1.67. The van der Waals surface area contributed by atoms with E-state index in [4.69, 9.17) is 4.74 Å². The second kappa shape index (κ2) is 7.72. The van der Waals surface area contributed by atoms with Crippen LogP contribution in [0.1, 0.15) is 30.1 Å². The Kier molecular flexibility index (Phi) is 5.13. The second-order valence-electron chi connectivity index (χ2n) is 6.91. The SMILES string of the molecule is CC(OC(=O)c1cc(-c2ccc(Br)cc2)nc2ccccc12)C(=O)NC1CC1. The zero-order chi connectivity index (χ0) is 19.7. The number of pyridine rings is 1. The number of amides is 1. The third kappa shape index (κ3) is 4.07. The average molecular weight is 439 g/mol. The molecule has 1 aromatic heterocycles. The first-order valence-electron chi connectivity index (χ1n) is 9.18. The van der Waals surface area contributed by atoms with Crippen molar-refractivity contribution in [2.24, 2.45) is 0 Å².